The summed E-state index contributed by atoms with van der Waals surface area (Å²) < 4.78 is 22.1. The van der Waals surface area contributed by atoms with Gasteiger partial charge in [-0.3, -0.25) is 9.59 Å². The van der Waals surface area contributed by atoms with Crippen molar-refractivity contribution in [1.82, 2.24) is 0 Å². The van der Waals surface area contributed by atoms with E-state index >= 15 is 0 Å². The number of hydrogen-bond donors (Lipinski definition) is 4. The van der Waals surface area contributed by atoms with E-state index in [2.05, 4.69) is 74.6 Å². The average Bonchev–Trinajstić information content (AvgIpc) is 3.22. The first-order valence-electron chi connectivity index (χ1n) is 22.5. The Labute approximate surface area is 351 Å². The quantitative estimate of drug-likeness (QED) is 0.0273. The Bertz CT molecular complexity index is 1170. The molecule has 0 amide bonds. The first-order valence-corrected chi connectivity index (χ1v) is 22.5. The summed E-state index contributed by atoms with van der Waals surface area (Å²) in [7, 11) is 0. The molecule has 1 saturated heterocycles. The standard InChI is InChI=1S/C48H80O10/c1-3-5-7-9-11-13-15-17-19-20-21-22-23-25-27-29-31-33-35-37-44(51)57-41(40-56-48-47(54)46(53)45(52)42(38-49)58-48)39-55-43(50)36-34-32-30-28-26-24-18-16-14-12-10-8-6-4-2/h5,7,11,13,17,19,21-22,25,27,31,33,41-42,45-49,52-54H,3-4,6,8-10,12,14-16,18,20,23-24,26,28-30,32,34-40H2,1-2H3/b7-5-,13-11-,19-17-,22-21-,27-25-,33-31-. The van der Waals surface area contributed by atoms with Gasteiger partial charge in [-0.1, -0.05) is 170 Å². The molecule has 0 bridgehead atoms. The van der Waals surface area contributed by atoms with Crippen LogP contribution in [0.3, 0.4) is 0 Å². The normalized spacial score (nSPS) is 20.8. The van der Waals surface area contributed by atoms with Crippen LogP contribution in [0.1, 0.15) is 162 Å². The van der Waals surface area contributed by atoms with E-state index in [9.17, 15) is 30.0 Å². The van der Waals surface area contributed by atoms with Crippen LogP contribution in [0.25, 0.3) is 0 Å². The number of aliphatic hydroxyl groups is 4. The predicted octanol–water partition coefficient (Wildman–Crippen LogP) is 9.61. The van der Waals surface area contributed by atoms with Crippen LogP contribution in [0.15, 0.2) is 72.9 Å². The molecule has 0 aromatic heterocycles. The van der Waals surface area contributed by atoms with Crippen molar-refractivity contribution in [1.29, 1.82) is 0 Å². The molecule has 1 aliphatic heterocycles. The van der Waals surface area contributed by atoms with Gasteiger partial charge in [0.15, 0.2) is 12.4 Å². The van der Waals surface area contributed by atoms with Crippen molar-refractivity contribution in [3.05, 3.63) is 72.9 Å². The van der Waals surface area contributed by atoms with Crippen LogP contribution in [0.4, 0.5) is 0 Å². The summed E-state index contributed by atoms with van der Waals surface area (Å²) in [5, 5.41) is 40.1. The Morgan fingerprint density at radius 3 is 1.50 bits per heavy atom. The maximum Gasteiger partial charge on any atom is 0.306 e. The van der Waals surface area contributed by atoms with Crippen LogP contribution in [0.2, 0.25) is 0 Å². The smallest absolute Gasteiger partial charge is 0.306 e. The molecule has 0 aromatic carbocycles. The number of aliphatic hydroxyl groups excluding tert-OH is 4. The predicted molar refractivity (Wildman–Crippen MR) is 233 cm³/mol. The number of esters is 2. The lowest BCUT2D eigenvalue weighted by Crippen LogP contribution is -2.59. The molecular weight excluding hydrogens is 737 g/mol. The molecular formula is C48H80O10. The maximum absolute atomic E-state index is 12.7. The van der Waals surface area contributed by atoms with Crippen LogP contribution in [-0.2, 0) is 28.5 Å². The first kappa shape index (κ1) is 53.2. The van der Waals surface area contributed by atoms with Crippen molar-refractivity contribution in [3.8, 4) is 0 Å². The minimum Gasteiger partial charge on any atom is -0.462 e. The van der Waals surface area contributed by atoms with Gasteiger partial charge in [-0.25, -0.2) is 0 Å². The largest absolute Gasteiger partial charge is 0.462 e. The maximum atomic E-state index is 12.7. The van der Waals surface area contributed by atoms with Crippen LogP contribution in [-0.4, -0.2) is 89.0 Å². The van der Waals surface area contributed by atoms with E-state index in [1.807, 2.05) is 12.2 Å². The highest BCUT2D eigenvalue weighted by molar-refractivity contribution is 5.70. The Balaban J connectivity index is 2.40. The van der Waals surface area contributed by atoms with Gasteiger partial charge in [0, 0.05) is 12.8 Å². The molecule has 0 radical (unpaired) electrons. The fourth-order valence-electron chi connectivity index (χ4n) is 6.33. The van der Waals surface area contributed by atoms with E-state index in [0.29, 0.717) is 12.8 Å². The van der Waals surface area contributed by atoms with Crippen molar-refractivity contribution in [2.45, 2.75) is 198 Å². The van der Waals surface area contributed by atoms with E-state index in [4.69, 9.17) is 18.9 Å². The van der Waals surface area contributed by atoms with Crippen molar-refractivity contribution < 1.29 is 49.0 Å². The molecule has 332 valence electrons. The highest BCUT2D eigenvalue weighted by Crippen LogP contribution is 2.22. The summed E-state index contributed by atoms with van der Waals surface area (Å²) in [6.07, 6.45) is 40.6. The number of rotatable bonds is 36. The van der Waals surface area contributed by atoms with E-state index in [1.165, 1.54) is 64.2 Å². The van der Waals surface area contributed by atoms with Gasteiger partial charge in [0.1, 0.15) is 31.0 Å². The number of carbonyl (C=O) groups excluding carboxylic acids is 2. The average molecular weight is 817 g/mol. The zero-order chi connectivity index (χ0) is 42.3. The van der Waals surface area contributed by atoms with E-state index in [-0.39, 0.29) is 26.1 Å². The molecule has 10 heteroatoms. The molecule has 6 atom stereocenters. The fraction of sp³-hybridized carbons (Fsp3) is 0.708. The van der Waals surface area contributed by atoms with E-state index in [0.717, 1.165) is 57.8 Å². The van der Waals surface area contributed by atoms with Crippen molar-refractivity contribution >= 4 is 11.9 Å². The topological polar surface area (TPSA) is 152 Å². The molecule has 4 N–H and O–H groups in total. The Hall–Kier alpha value is -2.86. The van der Waals surface area contributed by atoms with E-state index < -0.39 is 55.4 Å². The molecule has 1 heterocycles. The molecule has 0 aliphatic carbocycles. The summed E-state index contributed by atoms with van der Waals surface area (Å²) in [6.45, 7) is 3.23. The third kappa shape index (κ3) is 29.4. The molecule has 0 saturated carbocycles. The fourth-order valence-corrected chi connectivity index (χ4v) is 6.33. The van der Waals surface area contributed by atoms with Crippen LogP contribution >= 0.6 is 0 Å². The lowest BCUT2D eigenvalue weighted by atomic mass is 9.99. The number of allylic oxidation sites excluding steroid dienone is 12. The Morgan fingerprint density at radius 1 is 0.552 bits per heavy atom. The summed E-state index contributed by atoms with van der Waals surface area (Å²) in [5.74, 6) is -0.907. The zero-order valence-corrected chi connectivity index (χ0v) is 36.0. The summed E-state index contributed by atoms with van der Waals surface area (Å²) >= 11 is 0. The third-order valence-corrected chi connectivity index (χ3v) is 9.87. The van der Waals surface area contributed by atoms with Gasteiger partial charge in [0.2, 0.25) is 0 Å². The van der Waals surface area contributed by atoms with Gasteiger partial charge in [-0.05, 0) is 51.4 Å². The number of hydrogen-bond acceptors (Lipinski definition) is 10. The summed E-state index contributed by atoms with van der Waals surface area (Å²) in [4.78, 5) is 25.3. The highest BCUT2D eigenvalue weighted by atomic mass is 16.7. The highest BCUT2D eigenvalue weighted by Gasteiger charge is 2.44. The van der Waals surface area contributed by atoms with Gasteiger partial charge in [0.25, 0.3) is 0 Å². The number of unbranched alkanes of at least 4 members (excludes halogenated alkanes) is 13. The number of carbonyl (C=O) groups is 2. The molecule has 1 rings (SSSR count). The second-order valence-electron chi connectivity index (χ2n) is 15.1. The molecule has 6 unspecified atom stereocenters. The Kier molecular flexibility index (Phi) is 35.1. The lowest BCUT2D eigenvalue weighted by Gasteiger charge is -2.39. The third-order valence-electron chi connectivity index (χ3n) is 9.87. The minimum atomic E-state index is -1.61. The first-order chi connectivity index (χ1) is 28.3. The van der Waals surface area contributed by atoms with Crippen LogP contribution in [0.5, 0.6) is 0 Å². The molecule has 1 fully saturated rings. The minimum absolute atomic E-state index is 0.103. The summed E-state index contributed by atoms with van der Waals surface area (Å²) in [5.41, 5.74) is 0. The van der Waals surface area contributed by atoms with Gasteiger partial charge in [0.05, 0.1) is 13.2 Å². The second-order valence-corrected chi connectivity index (χ2v) is 15.1. The molecule has 0 aromatic rings. The van der Waals surface area contributed by atoms with E-state index in [1.54, 1.807) is 0 Å². The van der Waals surface area contributed by atoms with Gasteiger partial charge >= 0.3 is 11.9 Å². The second kappa shape index (κ2) is 38.3. The molecule has 1 aliphatic rings. The van der Waals surface area contributed by atoms with Crippen molar-refractivity contribution in [2.75, 3.05) is 19.8 Å². The zero-order valence-electron chi connectivity index (χ0n) is 36.0. The van der Waals surface area contributed by atoms with Crippen molar-refractivity contribution in [2.24, 2.45) is 0 Å². The SMILES string of the molecule is CC/C=C\C/C=C\C/C=C\C/C=C\C/C=C\C/C=C\CCC(=O)OC(COC(=O)CCCCCCCCCCCCCCCC)COC1OC(CO)C(O)C(O)C1O. The number of ether oxygens (including phenoxy) is 4. The van der Waals surface area contributed by atoms with Gasteiger partial charge < -0.3 is 39.4 Å². The van der Waals surface area contributed by atoms with Crippen molar-refractivity contribution in [3.63, 3.8) is 0 Å². The molecule has 10 nitrogen and oxygen atoms in total. The summed E-state index contributed by atoms with van der Waals surface area (Å²) in [6, 6.07) is 0. The van der Waals surface area contributed by atoms with Gasteiger partial charge in [-0.2, -0.15) is 0 Å². The monoisotopic (exact) mass is 817 g/mol. The Morgan fingerprint density at radius 2 is 1.02 bits per heavy atom. The lowest BCUT2D eigenvalue weighted by molar-refractivity contribution is -0.305. The molecule has 58 heavy (non-hydrogen) atoms. The van der Waals surface area contributed by atoms with Crippen LogP contribution in [0, 0.1) is 0 Å². The van der Waals surface area contributed by atoms with Gasteiger partial charge in [-0.15, -0.1) is 0 Å². The van der Waals surface area contributed by atoms with Crippen LogP contribution < -0.4 is 0 Å². The molecule has 0 spiro atoms.